The van der Waals surface area contributed by atoms with Crippen LogP contribution in [0, 0.1) is 11.8 Å². The van der Waals surface area contributed by atoms with Crippen molar-refractivity contribution in [2.45, 2.75) is 32.2 Å². The summed E-state index contributed by atoms with van der Waals surface area (Å²) < 4.78 is 0. The summed E-state index contributed by atoms with van der Waals surface area (Å²) in [5.74, 6) is 2.03. The first-order chi connectivity index (χ1) is 4.77. The highest BCUT2D eigenvalue weighted by Crippen LogP contribution is 2.37. The molecular weight excluding hydrogens is 122 g/mol. The summed E-state index contributed by atoms with van der Waals surface area (Å²) in [5.41, 5.74) is 0. The van der Waals surface area contributed by atoms with E-state index in [-0.39, 0.29) is 0 Å². The second-order valence-corrected chi connectivity index (χ2v) is 4.14. The van der Waals surface area contributed by atoms with Gasteiger partial charge in [0, 0.05) is 12.6 Å². The van der Waals surface area contributed by atoms with E-state index >= 15 is 0 Å². The van der Waals surface area contributed by atoms with Crippen LogP contribution in [-0.2, 0) is 0 Å². The molecule has 2 aliphatic heterocycles. The summed E-state index contributed by atoms with van der Waals surface area (Å²) in [5, 5.41) is 0. The van der Waals surface area contributed by atoms with E-state index < -0.39 is 0 Å². The molecule has 3 rings (SSSR count). The van der Waals surface area contributed by atoms with E-state index in [0.29, 0.717) is 0 Å². The first-order valence-electron chi connectivity index (χ1n) is 4.47. The molecule has 2 saturated heterocycles. The molecule has 0 amide bonds. The van der Waals surface area contributed by atoms with E-state index in [9.17, 15) is 0 Å². The van der Waals surface area contributed by atoms with Crippen LogP contribution < -0.4 is 0 Å². The topological polar surface area (TPSA) is 3.24 Å². The van der Waals surface area contributed by atoms with Crippen LogP contribution in [0.2, 0.25) is 0 Å². The van der Waals surface area contributed by atoms with Crippen molar-refractivity contribution in [1.82, 2.24) is 4.90 Å². The third-order valence-corrected chi connectivity index (χ3v) is 3.47. The van der Waals surface area contributed by atoms with Crippen molar-refractivity contribution >= 4 is 0 Å². The average molecular weight is 139 g/mol. The molecule has 0 radical (unpaired) electrons. The molecule has 0 spiro atoms. The van der Waals surface area contributed by atoms with Crippen LogP contribution in [0.4, 0.5) is 0 Å². The number of hydrogen-bond donors (Lipinski definition) is 0. The maximum atomic E-state index is 2.55. The smallest absolute Gasteiger partial charge is 0.00950 e. The van der Waals surface area contributed by atoms with Crippen molar-refractivity contribution in [3.05, 3.63) is 0 Å². The van der Waals surface area contributed by atoms with Crippen LogP contribution in [0.25, 0.3) is 0 Å². The summed E-state index contributed by atoms with van der Waals surface area (Å²) in [6.45, 7) is 3.79. The summed E-state index contributed by atoms with van der Waals surface area (Å²) in [6.07, 6.45) is 4.42. The van der Waals surface area contributed by atoms with E-state index in [4.69, 9.17) is 0 Å². The minimum absolute atomic E-state index is 0.931. The molecule has 1 aliphatic carbocycles. The van der Waals surface area contributed by atoms with Gasteiger partial charge >= 0.3 is 0 Å². The molecule has 0 N–H and O–H groups in total. The quantitative estimate of drug-likeness (QED) is 0.494. The van der Waals surface area contributed by atoms with Crippen LogP contribution in [0.5, 0.6) is 0 Å². The van der Waals surface area contributed by atoms with Gasteiger partial charge in [0.25, 0.3) is 0 Å². The van der Waals surface area contributed by atoms with Crippen molar-refractivity contribution in [3.8, 4) is 0 Å². The van der Waals surface area contributed by atoms with Gasteiger partial charge in [-0.25, -0.2) is 0 Å². The Kier molecular flexibility index (Phi) is 1.48. The van der Waals surface area contributed by atoms with Gasteiger partial charge in [-0.2, -0.15) is 0 Å². The van der Waals surface area contributed by atoms with Crippen molar-refractivity contribution < 1.29 is 0 Å². The second kappa shape index (κ2) is 2.23. The SMILES string of the molecule is C[C@H]1C[C@H]2CC[C@@H]1CN2C. The van der Waals surface area contributed by atoms with Crippen LogP contribution in [-0.4, -0.2) is 24.5 Å². The van der Waals surface area contributed by atoms with E-state index in [1.165, 1.54) is 25.8 Å². The Balaban J connectivity index is 2.09. The van der Waals surface area contributed by atoms with Gasteiger partial charge in [-0.05, 0) is 38.1 Å². The fraction of sp³-hybridized carbons (Fsp3) is 1.00. The molecule has 3 atom stereocenters. The van der Waals surface area contributed by atoms with Gasteiger partial charge in [0.2, 0.25) is 0 Å². The minimum atomic E-state index is 0.931. The van der Waals surface area contributed by atoms with Crippen molar-refractivity contribution in [3.63, 3.8) is 0 Å². The highest BCUT2D eigenvalue weighted by atomic mass is 15.1. The van der Waals surface area contributed by atoms with Gasteiger partial charge < -0.3 is 4.90 Å². The molecule has 1 nitrogen and oxygen atoms in total. The Labute approximate surface area is 63.4 Å². The number of nitrogens with zero attached hydrogens (tertiary/aromatic N) is 1. The minimum Gasteiger partial charge on any atom is -0.303 e. The van der Waals surface area contributed by atoms with Crippen molar-refractivity contribution in [2.24, 2.45) is 11.8 Å². The van der Waals surface area contributed by atoms with E-state index in [1.807, 2.05) is 0 Å². The highest BCUT2D eigenvalue weighted by Gasteiger charge is 2.35. The third kappa shape index (κ3) is 0.878. The number of fused-ring (bicyclic) bond motifs is 3. The van der Waals surface area contributed by atoms with Gasteiger partial charge in [0.1, 0.15) is 0 Å². The monoisotopic (exact) mass is 139 g/mol. The average Bonchev–Trinajstić information content (AvgIpc) is 1.91. The number of rotatable bonds is 0. The van der Waals surface area contributed by atoms with Crippen LogP contribution in [0.3, 0.4) is 0 Å². The Morgan fingerprint density at radius 2 is 2.10 bits per heavy atom. The Hall–Kier alpha value is -0.0400. The van der Waals surface area contributed by atoms with Gasteiger partial charge in [-0.3, -0.25) is 0 Å². The lowest BCUT2D eigenvalue weighted by molar-refractivity contribution is 0.0310. The van der Waals surface area contributed by atoms with Gasteiger partial charge in [-0.15, -0.1) is 0 Å². The van der Waals surface area contributed by atoms with Gasteiger partial charge in [0.05, 0.1) is 0 Å². The molecule has 1 saturated carbocycles. The lowest BCUT2D eigenvalue weighted by Crippen LogP contribution is -2.49. The molecule has 0 unspecified atom stereocenters. The van der Waals surface area contributed by atoms with Crippen molar-refractivity contribution in [2.75, 3.05) is 13.6 Å². The van der Waals surface area contributed by atoms with Crippen LogP contribution >= 0.6 is 0 Å². The number of piperidine rings is 2. The number of hydrogen-bond acceptors (Lipinski definition) is 1. The first kappa shape index (κ1) is 6.66. The lowest BCUT2D eigenvalue weighted by Gasteiger charge is -2.47. The van der Waals surface area contributed by atoms with Gasteiger partial charge in [-0.1, -0.05) is 6.92 Å². The molecule has 2 bridgehead atoms. The molecule has 58 valence electrons. The molecular formula is C9H17N. The third-order valence-electron chi connectivity index (χ3n) is 3.47. The predicted octanol–water partition coefficient (Wildman–Crippen LogP) is 1.74. The molecule has 3 fully saturated rings. The fourth-order valence-electron chi connectivity index (χ4n) is 2.62. The van der Waals surface area contributed by atoms with Crippen LogP contribution in [0.1, 0.15) is 26.2 Å². The van der Waals surface area contributed by atoms with E-state index in [2.05, 4.69) is 18.9 Å². The van der Waals surface area contributed by atoms with Crippen molar-refractivity contribution in [1.29, 1.82) is 0 Å². The Morgan fingerprint density at radius 1 is 1.30 bits per heavy atom. The fourth-order valence-corrected chi connectivity index (χ4v) is 2.62. The Bertz CT molecular complexity index is 117. The molecule has 0 aromatic heterocycles. The standard InChI is InChI=1S/C9H17N/c1-7-5-9-4-3-8(7)6-10(9)2/h7-9H,3-6H2,1-2H3/t7-,8+,9+/m0/s1. The maximum Gasteiger partial charge on any atom is 0.00950 e. The summed E-state index contributed by atoms with van der Waals surface area (Å²) in [7, 11) is 2.28. The van der Waals surface area contributed by atoms with Crippen LogP contribution in [0.15, 0.2) is 0 Å². The molecule has 2 heterocycles. The lowest BCUT2D eigenvalue weighted by atomic mass is 9.73. The molecule has 1 heteroatoms. The largest absolute Gasteiger partial charge is 0.303 e. The summed E-state index contributed by atoms with van der Waals surface area (Å²) in [4.78, 5) is 2.55. The van der Waals surface area contributed by atoms with E-state index in [0.717, 1.165) is 17.9 Å². The molecule has 0 aromatic rings. The first-order valence-corrected chi connectivity index (χ1v) is 4.47. The molecule has 10 heavy (non-hydrogen) atoms. The predicted molar refractivity (Wildman–Crippen MR) is 42.9 cm³/mol. The zero-order chi connectivity index (χ0) is 7.14. The summed E-state index contributed by atoms with van der Waals surface area (Å²) >= 11 is 0. The maximum absolute atomic E-state index is 2.55. The molecule has 3 aliphatic rings. The van der Waals surface area contributed by atoms with Gasteiger partial charge in [0.15, 0.2) is 0 Å². The highest BCUT2D eigenvalue weighted by molar-refractivity contribution is 4.89. The normalized spacial score (nSPS) is 48.0. The van der Waals surface area contributed by atoms with E-state index in [1.54, 1.807) is 0 Å². The summed E-state index contributed by atoms with van der Waals surface area (Å²) in [6, 6.07) is 0.931. The zero-order valence-corrected chi connectivity index (χ0v) is 7.01. The zero-order valence-electron chi connectivity index (χ0n) is 7.01. The second-order valence-electron chi connectivity index (χ2n) is 4.14. The Morgan fingerprint density at radius 3 is 2.40 bits per heavy atom. The molecule has 0 aromatic carbocycles.